The van der Waals surface area contributed by atoms with Gasteiger partial charge in [-0.2, -0.15) is 0 Å². The molecule has 0 atom stereocenters. The van der Waals surface area contributed by atoms with Crippen molar-refractivity contribution in [2.24, 2.45) is 5.11 Å². The van der Waals surface area contributed by atoms with E-state index in [2.05, 4.69) is 21.9 Å². The maximum atomic E-state index is 8.46. The number of hydrogen-bond donors (Lipinski definition) is 0. The van der Waals surface area contributed by atoms with Crippen LogP contribution in [0.1, 0.15) is 19.1 Å². The monoisotopic (exact) mass is 304 g/mol. The standard InChI is InChI=1S/C18H16N4O/c1-2-6-16-17(13-7-4-3-5-8-13)20-18(23-16)14-9-11-15(12-10-14)21-22-19/h3-5,7-12H,2,6H2,1H3. The second-order valence-corrected chi connectivity index (χ2v) is 5.14. The SMILES string of the molecule is CCCc1oc(-c2ccc(N=[N+]=[N-])cc2)nc1-c1ccccc1. The van der Waals surface area contributed by atoms with Gasteiger partial charge in [0, 0.05) is 28.1 Å². The summed E-state index contributed by atoms with van der Waals surface area (Å²) in [7, 11) is 0. The van der Waals surface area contributed by atoms with Gasteiger partial charge >= 0.3 is 0 Å². The van der Waals surface area contributed by atoms with Crippen LogP contribution in [0, 0.1) is 0 Å². The molecule has 114 valence electrons. The smallest absolute Gasteiger partial charge is 0.226 e. The summed E-state index contributed by atoms with van der Waals surface area (Å²) in [6.45, 7) is 2.12. The molecule has 0 amide bonds. The minimum Gasteiger partial charge on any atom is -0.441 e. The normalized spacial score (nSPS) is 10.3. The molecule has 1 heterocycles. The van der Waals surface area contributed by atoms with Crippen molar-refractivity contribution in [3.63, 3.8) is 0 Å². The van der Waals surface area contributed by atoms with Gasteiger partial charge in [-0.15, -0.1) is 0 Å². The minimum atomic E-state index is 0.569. The fourth-order valence-electron chi connectivity index (χ4n) is 2.42. The van der Waals surface area contributed by atoms with Crippen LogP contribution < -0.4 is 0 Å². The summed E-state index contributed by atoms with van der Waals surface area (Å²) >= 11 is 0. The lowest BCUT2D eigenvalue weighted by Crippen LogP contribution is -1.85. The van der Waals surface area contributed by atoms with E-state index in [1.165, 1.54) is 0 Å². The Kier molecular flexibility index (Phi) is 4.41. The van der Waals surface area contributed by atoms with Crippen LogP contribution in [0.5, 0.6) is 0 Å². The Labute approximate surface area is 134 Å². The Morgan fingerprint density at radius 2 is 1.78 bits per heavy atom. The van der Waals surface area contributed by atoms with Gasteiger partial charge in [0.05, 0.1) is 0 Å². The molecule has 1 aromatic heterocycles. The molecular formula is C18H16N4O. The summed E-state index contributed by atoms with van der Waals surface area (Å²) < 4.78 is 5.98. The molecule has 0 bridgehead atoms. The maximum absolute atomic E-state index is 8.46. The molecule has 0 radical (unpaired) electrons. The van der Waals surface area contributed by atoms with Crippen LogP contribution in [-0.2, 0) is 6.42 Å². The summed E-state index contributed by atoms with van der Waals surface area (Å²) in [5.41, 5.74) is 11.8. The molecule has 0 saturated heterocycles. The van der Waals surface area contributed by atoms with E-state index in [-0.39, 0.29) is 0 Å². The Bertz CT molecular complexity index is 831. The van der Waals surface area contributed by atoms with Gasteiger partial charge < -0.3 is 4.42 Å². The third-order valence-corrected chi connectivity index (χ3v) is 3.50. The van der Waals surface area contributed by atoms with Gasteiger partial charge in [-0.1, -0.05) is 54.5 Å². The number of aromatic nitrogens is 1. The first-order valence-electron chi connectivity index (χ1n) is 7.52. The molecule has 5 heteroatoms. The largest absolute Gasteiger partial charge is 0.441 e. The van der Waals surface area contributed by atoms with Crippen molar-refractivity contribution < 1.29 is 4.42 Å². The van der Waals surface area contributed by atoms with Crippen molar-refractivity contribution in [2.45, 2.75) is 19.8 Å². The molecule has 0 saturated carbocycles. The van der Waals surface area contributed by atoms with Crippen LogP contribution >= 0.6 is 0 Å². The molecule has 0 unspecified atom stereocenters. The number of azide groups is 1. The zero-order valence-electron chi connectivity index (χ0n) is 12.8. The van der Waals surface area contributed by atoms with E-state index in [9.17, 15) is 0 Å². The Hall–Kier alpha value is -3.04. The number of nitrogens with zero attached hydrogens (tertiary/aromatic N) is 4. The average Bonchev–Trinajstić information content (AvgIpc) is 3.01. The molecule has 3 rings (SSSR count). The second kappa shape index (κ2) is 6.81. The topological polar surface area (TPSA) is 74.8 Å². The highest BCUT2D eigenvalue weighted by Gasteiger charge is 2.15. The molecule has 3 aromatic rings. The van der Waals surface area contributed by atoms with Gasteiger partial charge in [0.1, 0.15) is 11.5 Å². The predicted octanol–water partition coefficient (Wildman–Crippen LogP) is 5.90. The van der Waals surface area contributed by atoms with E-state index in [1.54, 1.807) is 12.1 Å². The maximum Gasteiger partial charge on any atom is 0.226 e. The number of oxazole rings is 1. The molecular weight excluding hydrogens is 288 g/mol. The van der Waals surface area contributed by atoms with Crippen LogP contribution in [-0.4, -0.2) is 4.98 Å². The molecule has 5 nitrogen and oxygen atoms in total. The van der Waals surface area contributed by atoms with Gasteiger partial charge in [-0.25, -0.2) is 4.98 Å². The van der Waals surface area contributed by atoms with Crippen LogP contribution in [0.4, 0.5) is 5.69 Å². The van der Waals surface area contributed by atoms with E-state index in [0.29, 0.717) is 11.6 Å². The van der Waals surface area contributed by atoms with Crippen molar-refractivity contribution in [1.82, 2.24) is 4.98 Å². The highest BCUT2D eigenvalue weighted by atomic mass is 16.4. The fraction of sp³-hybridized carbons (Fsp3) is 0.167. The van der Waals surface area contributed by atoms with E-state index < -0.39 is 0 Å². The third-order valence-electron chi connectivity index (χ3n) is 3.50. The average molecular weight is 304 g/mol. The molecule has 0 spiro atoms. The lowest BCUT2D eigenvalue weighted by molar-refractivity contribution is 0.515. The fourth-order valence-corrected chi connectivity index (χ4v) is 2.42. The van der Waals surface area contributed by atoms with E-state index in [0.717, 1.165) is 35.4 Å². The lowest BCUT2D eigenvalue weighted by Gasteiger charge is -1.98. The number of aryl methyl sites for hydroxylation is 1. The minimum absolute atomic E-state index is 0.569. The number of benzene rings is 2. The van der Waals surface area contributed by atoms with Gasteiger partial charge in [-0.05, 0) is 24.1 Å². The van der Waals surface area contributed by atoms with Crippen LogP contribution in [0.15, 0.2) is 64.1 Å². The zero-order valence-corrected chi connectivity index (χ0v) is 12.8. The van der Waals surface area contributed by atoms with Crippen molar-refractivity contribution >= 4 is 5.69 Å². The third kappa shape index (κ3) is 3.25. The highest BCUT2D eigenvalue weighted by Crippen LogP contribution is 2.30. The first-order chi connectivity index (χ1) is 11.3. The molecule has 0 N–H and O–H groups in total. The van der Waals surface area contributed by atoms with Gasteiger partial charge in [0.2, 0.25) is 5.89 Å². The quantitative estimate of drug-likeness (QED) is 0.334. The molecule has 0 aliphatic carbocycles. The van der Waals surface area contributed by atoms with Crippen LogP contribution in [0.3, 0.4) is 0 Å². The van der Waals surface area contributed by atoms with E-state index in [4.69, 9.17) is 9.95 Å². The molecule has 2 aromatic carbocycles. The second-order valence-electron chi connectivity index (χ2n) is 5.14. The zero-order chi connectivity index (χ0) is 16.1. The van der Waals surface area contributed by atoms with Crippen molar-refractivity contribution in [1.29, 1.82) is 0 Å². The summed E-state index contributed by atoms with van der Waals surface area (Å²) in [6, 6.07) is 17.2. The Morgan fingerprint density at radius 1 is 1.04 bits per heavy atom. The van der Waals surface area contributed by atoms with E-state index in [1.807, 2.05) is 42.5 Å². The summed E-state index contributed by atoms with van der Waals surface area (Å²) in [5, 5.41) is 3.57. The van der Waals surface area contributed by atoms with Gasteiger partial charge in [0.15, 0.2) is 0 Å². The van der Waals surface area contributed by atoms with Crippen molar-refractivity contribution in [3.05, 3.63) is 70.8 Å². The van der Waals surface area contributed by atoms with Gasteiger partial charge in [0.25, 0.3) is 0 Å². The number of hydrogen-bond acceptors (Lipinski definition) is 3. The van der Waals surface area contributed by atoms with Crippen LogP contribution in [0.25, 0.3) is 33.2 Å². The Balaban J connectivity index is 2.02. The molecule has 0 aliphatic rings. The predicted molar refractivity (Wildman–Crippen MR) is 90.2 cm³/mol. The molecule has 0 aliphatic heterocycles. The van der Waals surface area contributed by atoms with Crippen molar-refractivity contribution in [2.75, 3.05) is 0 Å². The molecule has 23 heavy (non-hydrogen) atoms. The van der Waals surface area contributed by atoms with Crippen LogP contribution in [0.2, 0.25) is 0 Å². The first kappa shape index (κ1) is 14.9. The Morgan fingerprint density at radius 3 is 2.43 bits per heavy atom. The summed E-state index contributed by atoms with van der Waals surface area (Å²) in [4.78, 5) is 7.45. The summed E-state index contributed by atoms with van der Waals surface area (Å²) in [6.07, 6.45) is 1.83. The van der Waals surface area contributed by atoms with Crippen molar-refractivity contribution in [3.8, 4) is 22.7 Å². The lowest BCUT2D eigenvalue weighted by atomic mass is 10.1. The highest BCUT2D eigenvalue weighted by molar-refractivity contribution is 5.66. The van der Waals surface area contributed by atoms with Gasteiger partial charge in [-0.3, -0.25) is 0 Å². The van der Waals surface area contributed by atoms with E-state index >= 15 is 0 Å². The summed E-state index contributed by atoms with van der Waals surface area (Å²) in [5.74, 6) is 1.48. The molecule has 0 fully saturated rings. The first-order valence-corrected chi connectivity index (χ1v) is 7.52. The number of rotatable bonds is 5.